The second-order valence-corrected chi connectivity index (χ2v) is 2.09. The van der Waals surface area contributed by atoms with Crippen molar-refractivity contribution in [2.45, 2.75) is 13.3 Å². The molecule has 3 heteroatoms. The third-order valence-corrected chi connectivity index (χ3v) is 1.18. The van der Waals surface area contributed by atoms with Crippen LogP contribution in [0, 0.1) is 0 Å². The molecule has 0 unspecified atom stereocenters. The Balaban J connectivity index is 2.56. The third kappa shape index (κ3) is 1.62. The zero-order chi connectivity index (χ0) is 7.40. The lowest BCUT2D eigenvalue weighted by atomic mass is 10.2. The molecule has 0 aliphatic rings. The summed E-state index contributed by atoms with van der Waals surface area (Å²) in [6.45, 7) is 1.74. The molecule has 0 amide bonds. The number of rotatable bonds is 2. The molecule has 1 aromatic heterocycles. The minimum Gasteiger partial charge on any atom is -0.469 e. The monoisotopic (exact) mass is 139 g/mol. The van der Waals surface area contributed by atoms with E-state index in [0.717, 1.165) is 5.76 Å². The number of furan rings is 1. The Morgan fingerprint density at radius 2 is 2.60 bits per heavy atom. The van der Waals surface area contributed by atoms with E-state index < -0.39 is 0 Å². The lowest BCUT2D eigenvalue weighted by Gasteiger charge is -1.91. The Bertz CT molecular complexity index is 214. The fourth-order valence-corrected chi connectivity index (χ4v) is 0.701. The summed E-state index contributed by atoms with van der Waals surface area (Å²) in [5, 5.41) is 11.3. The molecule has 0 aliphatic heterocycles. The predicted octanol–water partition coefficient (Wildman–Crippen LogP) is 1.67. The standard InChI is InChI=1S/C7H9NO2/c1-6(8-9)5-7-3-2-4-10-7/h2-4,9H,5H2,1H3/b8-6-. The average molecular weight is 139 g/mol. The summed E-state index contributed by atoms with van der Waals surface area (Å²) in [4.78, 5) is 0. The van der Waals surface area contributed by atoms with Crippen molar-refractivity contribution in [3.8, 4) is 0 Å². The van der Waals surface area contributed by atoms with Crippen molar-refractivity contribution in [2.24, 2.45) is 5.16 Å². The van der Waals surface area contributed by atoms with Crippen LogP contribution >= 0.6 is 0 Å². The Kier molecular flexibility index (Phi) is 2.10. The molecular formula is C7H9NO2. The van der Waals surface area contributed by atoms with Gasteiger partial charge in [-0.2, -0.15) is 0 Å². The molecule has 0 saturated carbocycles. The molecule has 0 aliphatic carbocycles. The van der Waals surface area contributed by atoms with E-state index in [-0.39, 0.29) is 0 Å². The van der Waals surface area contributed by atoms with E-state index in [9.17, 15) is 0 Å². The number of nitrogens with zero attached hydrogens (tertiary/aromatic N) is 1. The second-order valence-electron chi connectivity index (χ2n) is 2.09. The summed E-state index contributed by atoms with van der Waals surface area (Å²) in [6.07, 6.45) is 2.17. The van der Waals surface area contributed by atoms with Crippen LogP contribution in [-0.4, -0.2) is 10.9 Å². The first-order valence-electron chi connectivity index (χ1n) is 3.03. The molecule has 54 valence electrons. The summed E-state index contributed by atoms with van der Waals surface area (Å²) in [7, 11) is 0. The first kappa shape index (κ1) is 6.86. The van der Waals surface area contributed by atoms with Crippen molar-refractivity contribution in [1.82, 2.24) is 0 Å². The van der Waals surface area contributed by atoms with E-state index >= 15 is 0 Å². The number of oxime groups is 1. The molecule has 0 atom stereocenters. The molecule has 10 heavy (non-hydrogen) atoms. The molecular weight excluding hydrogens is 130 g/mol. The minimum absolute atomic E-state index is 0.573. The third-order valence-electron chi connectivity index (χ3n) is 1.18. The van der Waals surface area contributed by atoms with E-state index in [1.165, 1.54) is 0 Å². The summed E-state index contributed by atoms with van der Waals surface area (Å²) < 4.78 is 5.01. The highest BCUT2D eigenvalue weighted by molar-refractivity contribution is 5.82. The van der Waals surface area contributed by atoms with Crippen molar-refractivity contribution < 1.29 is 9.62 Å². The van der Waals surface area contributed by atoms with Crippen LogP contribution < -0.4 is 0 Å². The van der Waals surface area contributed by atoms with E-state index in [4.69, 9.17) is 9.62 Å². The molecule has 1 rings (SSSR count). The Hall–Kier alpha value is -1.25. The fourth-order valence-electron chi connectivity index (χ4n) is 0.701. The number of hydrogen-bond acceptors (Lipinski definition) is 3. The van der Waals surface area contributed by atoms with Gasteiger partial charge in [0.2, 0.25) is 0 Å². The highest BCUT2D eigenvalue weighted by Crippen LogP contribution is 2.01. The molecule has 1 aromatic rings. The number of hydrogen-bond donors (Lipinski definition) is 1. The highest BCUT2D eigenvalue weighted by Gasteiger charge is 1.96. The van der Waals surface area contributed by atoms with Gasteiger partial charge in [-0.1, -0.05) is 5.16 Å². The molecule has 0 fully saturated rings. The van der Waals surface area contributed by atoms with Gasteiger partial charge in [0.1, 0.15) is 5.76 Å². The van der Waals surface area contributed by atoms with Gasteiger partial charge in [0, 0.05) is 6.42 Å². The topological polar surface area (TPSA) is 45.7 Å². The summed E-state index contributed by atoms with van der Waals surface area (Å²) in [5.41, 5.74) is 0.648. The van der Waals surface area contributed by atoms with Crippen molar-refractivity contribution in [3.63, 3.8) is 0 Å². The summed E-state index contributed by atoms with van der Waals surface area (Å²) >= 11 is 0. The SMILES string of the molecule is C/C(Cc1ccco1)=N/O. The largest absolute Gasteiger partial charge is 0.469 e. The van der Waals surface area contributed by atoms with Gasteiger partial charge in [-0.05, 0) is 19.1 Å². The van der Waals surface area contributed by atoms with Gasteiger partial charge >= 0.3 is 0 Å². The minimum atomic E-state index is 0.573. The van der Waals surface area contributed by atoms with Crippen LogP contribution in [0.5, 0.6) is 0 Å². The zero-order valence-corrected chi connectivity index (χ0v) is 5.74. The quantitative estimate of drug-likeness (QED) is 0.385. The Morgan fingerprint density at radius 3 is 3.10 bits per heavy atom. The van der Waals surface area contributed by atoms with Crippen molar-refractivity contribution in [2.75, 3.05) is 0 Å². The Labute approximate surface area is 59.0 Å². The van der Waals surface area contributed by atoms with E-state index in [0.29, 0.717) is 12.1 Å². The normalized spacial score (nSPS) is 11.9. The van der Waals surface area contributed by atoms with Crippen molar-refractivity contribution >= 4 is 5.71 Å². The molecule has 0 radical (unpaired) electrons. The van der Waals surface area contributed by atoms with Crippen LogP contribution in [0.4, 0.5) is 0 Å². The van der Waals surface area contributed by atoms with Gasteiger partial charge in [0.05, 0.1) is 12.0 Å². The van der Waals surface area contributed by atoms with Crippen LogP contribution in [0.3, 0.4) is 0 Å². The lowest BCUT2D eigenvalue weighted by molar-refractivity contribution is 0.317. The highest BCUT2D eigenvalue weighted by atomic mass is 16.4. The zero-order valence-electron chi connectivity index (χ0n) is 5.74. The summed E-state index contributed by atoms with van der Waals surface area (Å²) in [6, 6.07) is 3.65. The van der Waals surface area contributed by atoms with Crippen LogP contribution in [0.25, 0.3) is 0 Å². The average Bonchev–Trinajstić information content (AvgIpc) is 2.40. The van der Waals surface area contributed by atoms with E-state index in [1.807, 2.05) is 6.07 Å². The van der Waals surface area contributed by atoms with Gasteiger partial charge in [0.15, 0.2) is 0 Å². The van der Waals surface area contributed by atoms with Crippen LogP contribution in [0.1, 0.15) is 12.7 Å². The molecule has 0 spiro atoms. The van der Waals surface area contributed by atoms with Gasteiger partial charge in [-0.15, -0.1) is 0 Å². The first-order chi connectivity index (χ1) is 4.83. The molecule has 0 saturated heterocycles. The van der Waals surface area contributed by atoms with Gasteiger partial charge in [-0.3, -0.25) is 0 Å². The smallest absolute Gasteiger partial charge is 0.109 e. The molecule has 0 aromatic carbocycles. The van der Waals surface area contributed by atoms with Crippen LogP contribution in [0.15, 0.2) is 28.0 Å². The lowest BCUT2D eigenvalue weighted by Crippen LogP contribution is -1.94. The van der Waals surface area contributed by atoms with E-state index in [1.54, 1.807) is 19.3 Å². The summed E-state index contributed by atoms with van der Waals surface area (Å²) in [5.74, 6) is 0.815. The van der Waals surface area contributed by atoms with Crippen molar-refractivity contribution in [3.05, 3.63) is 24.2 Å². The predicted molar refractivity (Wildman–Crippen MR) is 37.3 cm³/mol. The van der Waals surface area contributed by atoms with Crippen LogP contribution in [0.2, 0.25) is 0 Å². The molecule has 1 heterocycles. The van der Waals surface area contributed by atoms with E-state index in [2.05, 4.69) is 5.16 Å². The maximum absolute atomic E-state index is 8.28. The molecule has 1 N–H and O–H groups in total. The maximum atomic E-state index is 8.28. The maximum Gasteiger partial charge on any atom is 0.109 e. The molecule has 0 bridgehead atoms. The fraction of sp³-hybridized carbons (Fsp3) is 0.286. The van der Waals surface area contributed by atoms with Crippen molar-refractivity contribution in [1.29, 1.82) is 0 Å². The van der Waals surface area contributed by atoms with Crippen LogP contribution in [-0.2, 0) is 6.42 Å². The first-order valence-corrected chi connectivity index (χ1v) is 3.03. The van der Waals surface area contributed by atoms with Gasteiger partial charge in [0.25, 0.3) is 0 Å². The Morgan fingerprint density at radius 1 is 1.80 bits per heavy atom. The molecule has 3 nitrogen and oxygen atoms in total. The second kappa shape index (κ2) is 3.06. The van der Waals surface area contributed by atoms with Gasteiger partial charge < -0.3 is 9.62 Å². The van der Waals surface area contributed by atoms with Gasteiger partial charge in [-0.25, -0.2) is 0 Å².